The van der Waals surface area contributed by atoms with Crippen LogP contribution >= 0.6 is 0 Å². The average Bonchev–Trinajstić information content (AvgIpc) is 3.05. The molecule has 5 heteroatoms. The summed E-state index contributed by atoms with van der Waals surface area (Å²) in [4.78, 5) is 12.0. The van der Waals surface area contributed by atoms with Crippen molar-refractivity contribution in [2.24, 2.45) is 0 Å². The third-order valence-corrected chi connectivity index (χ3v) is 4.07. The van der Waals surface area contributed by atoms with Crippen molar-refractivity contribution >= 4 is 16.7 Å². The topological polar surface area (TPSA) is 78.8 Å². The standard InChI is InChI=1S/C19H17N3O2/c1-11(2)16-17(21-22-18(16)19(23)24-3)15-9-8-12(10-20)13-6-4-5-7-14(13)15/h4-9,11H,1-3H3,(H,21,22). The van der Waals surface area contributed by atoms with Gasteiger partial charge in [0.05, 0.1) is 24.4 Å². The number of nitriles is 1. The molecule has 1 N–H and O–H groups in total. The van der Waals surface area contributed by atoms with Crippen LogP contribution in [0.25, 0.3) is 22.0 Å². The lowest BCUT2D eigenvalue weighted by Crippen LogP contribution is -2.06. The molecule has 1 aromatic heterocycles. The normalized spacial score (nSPS) is 10.8. The Labute approximate surface area is 139 Å². The van der Waals surface area contributed by atoms with Crippen LogP contribution in [0, 0.1) is 11.3 Å². The number of aromatic amines is 1. The summed E-state index contributed by atoms with van der Waals surface area (Å²) < 4.78 is 4.85. The van der Waals surface area contributed by atoms with Gasteiger partial charge in [-0.15, -0.1) is 0 Å². The third-order valence-electron chi connectivity index (χ3n) is 4.07. The number of aromatic nitrogens is 2. The summed E-state index contributed by atoms with van der Waals surface area (Å²) in [7, 11) is 1.35. The van der Waals surface area contributed by atoms with E-state index in [2.05, 4.69) is 16.3 Å². The van der Waals surface area contributed by atoms with Crippen LogP contribution in [0.4, 0.5) is 0 Å². The Balaban J connectivity index is 2.32. The van der Waals surface area contributed by atoms with Crippen LogP contribution in [0.15, 0.2) is 36.4 Å². The molecule has 0 bridgehead atoms. The second-order valence-corrected chi connectivity index (χ2v) is 5.83. The number of H-pyrrole nitrogens is 1. The maximum absolute atomic E-state index is 12.0. The average molecular weight is 319 g/mol. The smallest absolute Gasteiger partial charge is 0.356 e. The molecule has 5 nitrogen and oxygen atoms in total. The summed E-state index contributed by atoms with van der Waals surface area (Å²) in [6, 6.07) is 13.6. The van der Waals surface area contributed by atoms with Crippen molar-refractivity contribution in [1.82, 2.24) is 10.2 Å². The van der Waals surface area contributed by atoms with E-state index in [0.29, 0.717) is 17.0 Å². The molecule has 0 aliphatic carbocycles. The maximum atomic E-state index is 12.0. The SMILES string of the molecule is COC(=O)c1[nH]nc(-c2ccc(C#N)c3ccccc23)c1C(C)C. The number of ether oxygens (including phenoxy) is 1. The van der Waals surface area contributed by atoms with Gasteiger partial charge in [-0.1, -0.05) is 44.2 Å². The summed E-state index contributed by atoms with van der Waals surface area (Å²) in [6.45, 7) is 4.01. The van der Waals surface area contributed by atoms with Gasteiger partial charge in [0.2, 0.25) is 0 Å². The van der Waals surface area contributed by atoms with E-state index >= 15 is 0 Å². The van der Waals surface area contributed by atoms with Crippen molar-refractivity contribution in [2.45, 2.75) is 19.8 Å². The summed E-state index contributed by atoms with van der Waals surface area (Å²) in [5.74, 6) is -0.349. The minimum atomic E-state index is -0.435. The molecule has 0 amide bonds. The molecular formula is C19H17N3O2. The summed E-state index contributed by atoms with van der Waals surface area (Å²) in [5.41, 5.74) is 3.41. The molecule has 0 unspecified atom stereocenters. The van der Waals surface area contributed by atoms with E-state index in [4.69, 9.17) is 4.74 Å². The lowest BCUT2D eigenvalue weighted by molar-refractivity contribution is 0.0592. The fourth-order valence-corrected chi connectivity index (χ4v) is 2.98. The molecule has 0 saturated heterocycles. The first-order valence-electron chi connectivity index (χ1n) is 7.67. The van der Waals surface area contributed by atoms with Gasteiger partial charge < -0.3 is 4.74 Å². The van der Waals surface area contributed by atoms with Crippen LogP contribution in [0.3, 0.4) is 0 Å². The highest BCUT2D eigenvalue weighted by Crippen LogP contribution is 2.35. The van der Waals surface area contributed by atoms with E-state index in [1.165, 1.54) is 7.11 Å². The number of carbonyl (C=O) groups is 1. The highest BCUT2D eigenvalue weighted by Gasteiger charge is 2.24. The Hall–Kier alpha value is -3.13. The quantitative estimate of drug-likeness (QED) is 0.740. The van der Waals surface area contributed by atoms with Crippen molar-refractivity contribution in [3.8, 4) is 17.3 Å². The fourth-order valence-electron chi connectivity index (χ4n) is 2.98. The van der Waals surface area contributed by atoms with E-state index in [-0.39, 0.29) is 5.92 Å². The Morgan fingerprint density at radius 3 is 2.54 bits per heavy atom. The first kappa shape index (κ1) is 15.8. The largest absolute Gasteiger partial charge is 0.464 e. The first-order chi connectivity index (χ1) is 11.6. The maximum Gasteiger partial charge on any atom is 0.356 e. The summed E-state index contributed by atoms with van der Waals surface area (Å²) in [5, 5.41) is 18.3. The number of carbonyl (C=O) groups excluding carboxylic acids is 1. The molecule has 3 rings (SSSR count). The molecule has 2 aromatic carbocycles. The van der Waals surface area contributed by atoms with Crippen LogP contribution in [-0.4, -0.2) is 23.3 Å². The molecule has 24 heavy (non-hydrogen) atoms. The van der Waals surface area contributed by atoms with Gasteiger partial charge in [-0.3, -0.25) is 5.10 Å². The Morgan fingerprint density at radius 2 is 1.92 bits per heavy atom. The first-order valence-corrected chi connectivity index (χ1v) is 7.67. The van der Waals surface area contributed by atoms with E-state index in [1.54, 1.807) is 6.07 Å². The van der Waals surface area contributed by atoms with Gasteiger partial charge in [-0.05, 0) is 17.4 Å². The fraction of sp³-hybridized carbons (Fsp3) is 0.211. The molecule has 0 aliphatic rings. The van der Waals surface area contributed by atoms with Crippen molar-refractivity contribution in [1.29, 1.82) is 5.26 Å². The second-order valence-electron chi connectivity index (χ2n) is 5.83. The minimum absolute atomic E-state index is 0.0854. The lowest BCUT2D eigenvalue weighted by atomic mass is 9.92. The van der Waals surface area contributed by atoms with Gasteiger partial charge in [-0.25, -0.2) is 4.79 Å². The Kier molecular flexibility index (Phi) is 4.05. The van der Waals surface area contributed by atoms with Crippen molar-refractivity contribution in [3.63, 3.8) is 0 Å². The van der Waals surface area contributed by atoms with E-state index in [9.17, 15) is 10.1 Å². The molecule has 1 heterocycles. The molecule has 0 fully saturated rings. The number of rotatable bonds is 3. The highest BCUT2D eigenvalue weighted by atomic mass is 16.5. The van der Waals surface area contributed by atoms with Gasteiger partial charge in [-0.2, -0.15) is 10.4 Å². The van der Waals surface area contributed by atoms with Crippen LogP contribution in [0.5, 0.6) is 0 Å². The predicted molar refractivity (Wildman–Crippen MR) is 91.7 cm³/mol. The van der Waals surface area contributed by atoms with Crippen LogP contribution in [-0.2, 0) is 4.74 Å². The molecule has 0 aliphatic heterocycles. The number of esters is 1. The lowest BCUT2D eigenvalue weighted by Gasteiger charge is -2.11. The number of nitrogens with one attached hydrogen (secondary N) is 1. The molecule has 0 radical (unpaired) electrons. The molecular weight excluding hydrogens is 302 g/mol. The van der Waals surface area contributed by atoms with Crippen molar-refractivity contribution in [2.75, 3.05) is 7.11 Å². The predicted octanol–water partition coefficient (Wildman–Crippen LogP) is 4.01. The van der Waals surface area contributed by atoms with Crippen LogP contribution in [0.2, 0.25) is 0 Å². The van der Waals surface area contributed by atoms with Crippen LogP contribution < -0.4 is 0 Å². The number of nitrogens with zero attached hydrogens (tertiary/aromatic N) is 2. The van der Waals surface area contributed by atoms with Gasteiger partial charge in [0, 0.05) is 16.5 Å². The zero-order valence-corrected chi connectivity index (χ0v) is 13.8. The number of benzene rings is 2. The molecule has 3 aromatic rings. The third kappa shape index (κ3) is 2.42. The Bertz CT molecular complexity index is 964. The van der Waals surface area contributed by atoms with Gasteiger partial charge >= 0.3 is 5.97 Å². The van der Waals surface area contributed by atoms with Crippen LogP contribution in [0.1, 0.15) is 41.4 Å². The second kappa shape index (κ2) is 6.17. The van der Waals surface area contributed by atoms with Gasteiger partial charge in [0.25, 0.3) is 0 Å². The van der Waals surface area contributed by atoms with Gasteiger partial charge in [0.1, 0.15) is 5.69 Å². The molecule has 0 saturated carbocycles. The number of fused-ring (bicyclic) bond motifs is 1. The minimum Gasteiger partial charge on any atom is -0.464 e. The van der Waals surface area contributed by atoms with Crippen molar-refractivity contribution < 1.29 is 9.53 Å². The van der Waals surface area contributed by atoms with E-state index in [0.717, 1.165) is 21.9 Å². The monoisotopic (exact) mass is 319 g/mol. The zero-order valence-electron chi connectivity index (χ0n) is 13.8. The number of methoxy groups -OCH3 is 1. The highest BCUT2D eigenvalue weighted by molar-refractivity contribution is 6.01. The number of hydrogen-bond donors (Lipinski definition) is 1. The molecule has 0 atom stereocenters. The molecule has 0 spiro atoms. The van der Waals surface area contributed by atoms with Gasteiger partial charge in [0.15, 0.2) is 0 Å². The van der Waals surface area contributed by atoms with E-state index < -0.39 is 5.97 Å². The zero-order chi connectivity index (χ0) is 17.3. The van der Waals surface area contributed by atoms with E-state index in [1.807, 2.05) is 44.2 Å². The van der Waals surface area contributed by atoms with Crippen molar-refractivity contribution in [3.05, 3.63) is 53.2 Å². The number of hydrogen-bond acceptors (Lipinski definition) is 4. The Morgan fingerprint density at radius 1 is 1.21 bits per heavy atom. The summed E-state index contributed by atoms with van der Waals surface area (Å²) in [6.07, 6.45) is 0. The molecule has 120 valence electrons. The summed E-state index contributed by atoms with van der Waals surface area (Å²) >= 11 is 0.